The normalized spacial score (nSPS) is 28.0. The largest absolute Gasteiger partial charge is 0.478 e. The third kappa shape index (κ3) is 5.62. The van der Waals surface area contributed by atoms with Crippen molar-refractivity contribution in [2.75, 3.05) is 31.1 Å². The van der Waals surface area contributed by atoms with Crippen LogP contribution in [0.3, 0.4) is 0 Å². The number of anilines is 1. The second kappa shape index (κ2) is 10.8. The molecular weight excluding hydrogens is 414 g/mol. The van der Waals surface area contributed by atoms with E-state index >= 15 is 0 Å². The van der Waals surface area contributed by atoms with Gasteiger partial charge in [-0.2, -0.15) is 0 Å². The molecule has 3 N–H and O–H groups in total. The summed E-state index contributed by atoms with van der Waals surface area (Å²) in [5.41, 5.74) is 6.54. The predicted molar refractivity (Wildman–Crippen MR) is 133 cm³/mol. The molecule has 2 unspecified atom stereocenters. The van der Waals surface area contributed by atoms with E-state index in [2.05, 4.69) is 18.7 Å². The summed E-state index contributed by atoms with van der Waals surface area (Å²) >= 11 is 0. The smallest absolute Gasteiger partial charge is 0.268 e. The first-order valence-electron chi connectivity index (χ1n) is 12.9. The van der Waals surface area contributed by atoms with Crippen molar-refractivity contribution < 1.29 is 9.53 Å². The van der Waals surface area contributed by atoms with Crippen LogP contribution in [0, 0.1) is 11.3 Å². The van der Waals surface area contributed by atoms with Gasteiger partial charge < -0.3 is 20.3 Å². The molecule has 7 heteroatoms. The van der Waals surface area contributed by atoms with E-state index < -0.39 is 6.10 Å². The van der Waals surface area contributed by atoms with Gasteiger partial charge >= 0.3 is 0 Å². The standard InChI is InChI=1S/C26H41N5O2/c1-19-9-8-10-20(2)30(19)14-6-3-7-15-31-22-11-4-5-12-23(22)33-24(25(31)32)17-21-13-16-29(18-21)26(27)28/h4-5,11-12,19-21,24H,3,6-10,13-18H2,1-2H3,(H3,27,28)/t19-,20+,21?,24?. The highest BCUT2D eigenvalue weighted by Gasteiger charge is 2.37. The fourth-order valence-corrected chi connectivity index (χ4v) is 5.86. The Bertz CT molecular complexity index is 821. The number of hydrogen-bond donors (Lipinski definition) is 2. The number of carbonyl (C=O) groups excluding carboxylic acids is 1. The van der Waals surface area contributed by atoms with Crippen LogP contribution < -0.4 is 15.4 Å². The molecule has 0 bridgehead atoms. The van der Waals surface area contributed by atoms with Crippen molar-refractivity contribution in [1.29, 1.82) is 5.41 Å². The van der Waals surface area contributed by atoms with Crippen molar-refractivity contribution in [2.24, 2.45) is 11.7 Å². The zero-order valence-corrected chi connectivity index (χ0v) is 20.3. The Morgan fingerprint density at radius 1 is 1.09 bits per heavy atom. The van der Waals surface area contributed by atoms with Crippen LogP contribution in [0.1, 0.15) is 65.2 Å². The number of piperidine rings is 1. The number of guanidine groups is 1. The maximum atomic E-state index is 13.4. The van der Waals surface area contributed by atoms with E-state index in [1.165, 1.54) is 25.7 Å². The molecule has 2 saturated heterocycles. The van der Waals surface area contributed by atoms with E-state index in [1.807, 2.05) is 34.1 Å². The number of likely N-dealkylation sites (tertiary alicyclic amines) is 2. The van der Waals surface area contributed by atoms with Gasteiger partial charge in [-0.25, -0.2) is 0 Å². The number of nitrogens with zero attached hydrogens (tertiary/aromatic N) is 3. The Balaban J connectivity index is 1.31. The van der Waals surface area contributed by atoms with Gasteiger partial charge in [0.05, 0.1) is 5.69 Å². The Morgan fingerprint density at radius 2 is 1.82 bits per heavy atom. The number of carbonyl (C=O) groups is 1. The third-order valence-electron chi connectivity index (χ3n) is 7.81. The van der Waals surface area contributed by atoms with E-state index in [-0.39, 0.29) is 11.9 Å². The van der Waals surface area contributed by atoms with E-state index in [1.54, 1.807) is 0 Å². The highest BCUT2D eigenvalue weighted by molar-refractivity contribution is 6.00. The maximum Gasteiger partial charge on any atom is 0.268 e. The molecule has 0 radical (unpaired) electrons. The minimum atomic E-state index is -0.452. The van der Waals surface area contributed by atoms with Crippen LogP contribution in [0.4, 0.5) is 5.69 Å². The van der Waals surface area contributed by atoms with Gasteiger partial charge in [-0.05, 0) is 77.0 Å². The molecule has 0 spiro atoms. The predicted octanol–water partition coefficient (Wildman–Crippen LogP) is 3.82. The molecular formula is C26H41N5O2. The Morgan fingerprint density at radius 3 is 2.55 bits per heavy atom. The Hall–Kier alpha value is -2.28. The van der Waals surface area contributed by atoms with Gasteiger partial charge in [0.2, 0.25) is 0 Å². The van der Waals surface area contributed by atoms with Crippen LogP contribution in [0.25, 0.3) is 0 Å². The van der Waals surface area contributed by atoms with Gasteiger partial charge in [0.25, 0.3) is 5.91 Å². The molecule has 4 rings (SSSR count). The summed E-state index contributed by atoms with van der Waals surface area (Å²) in [5.74, 6) is 1.32. The van der Waals surface area contributed by atoms with Gasteiger partial charge in [-0.3, -0.25) is 15.1 Å². The quantitative estimate of drug-likeness (QED) is 0.354. The summed E-state index contributed by atoms with van der Waals surface area (Å²) in [6, 6.07) is 9.29. The molecule has 3 aliphatic heterocycles. The lowest BCUT2D eigenvalue weighted by Gasteiger charge is -2.39. The molecule has 3 aliphatic rings. The van der Waals surface area contributed by atoms with Crippen molar-refractivity contribution in [3.05, 3.63) is 24.3 Å². The van der Waals surface area contributed by atoms with Crippen molar-refractivity contribution in [1.82, 2.24) is 9.80 Å². The number of fused-ring (bicyclic) bond motifs is 1. The number of unbranched alkanes of at least 4 members (excludes halogenated alkanes) is 2. The highest BCUT2D eigenvalue weighted by Crippen LogP contribution is 2.36. The summed E-state index contributed by atoms with van der Waals surface area (Å²) in [6.45, 7) is 8.14. The molecule has 4 atom stereocenters. The van der Waals surface area contributed by atoms with E-state index in [4.69, 9.17) is 15.9 Å². The number of ether oxygens (including phenoxy) is 1. The van der Waals surface area contributed by atoms with Gasteiger partial charge in [0.15, 0.2) is 12.1 Å². The van der Waals surface area contributed by atoms with E-state index in [0.717, 1.165) is 56.9 Å². The van der Waals surface area contributed by atoms with Crippen LogP contribution in [0.5, 0.6) is 5.75 Å². The number of amides is 1. The number of para-hydroxylation sites is 2. The summed E-state index contributed by atoms with van der Waals surface area (Å²) in [4.78, 5) is 19.9. The average Bonchev–Trinajstić information content (AvgIpc) is 3.26. The first-order chi connectivity index (χ1) is 15.9. The molecule has 182 valence electrons. The molecule has 7 nitrogen and oxygen atoms in total. The molecule has 2 fully saturated rings. The Labute approximate surface area is 198 Å². The zero-order valence-electron chi connectivity index (χ0n) is 20.3. The fourth-order valence-electron chi connectivity index (χ4n) is 5.86. The van der Waals surface area contributed by atoms with Crippen LogP contribution in [-0.4, -0.2) is 66.0 Å². The van der Waals surface area contributed by atoms with Gasteiger partial charge in [-0.1, -0.05) is 25.0 Å². The first-order valence-corrected chi connectivity index (χ1v) is 12.9. The lowest BCUT2D eigenvalue weighted by atomic mass is 9.97. The number of hydrogen-bond acceptors (Lipinski definition) is 4. The number of benzene rings is 1. The van der Waals surface area contributed by atoms with Crippen molar-refractivity contribution in [3.8, 4) is 5.75 Å². The van der Waals surface area contributed by atoms with Gasteiger partial charge in [-0.15, -0.1) is 0 Å². The topological polar surface area (TPSA) is 85.9 Å². The van der Waals surface area contributed by atoms with Crippen LogP contribution in [0.2, 0.25) is 0 Å². The maximum absolute atomic E-state index is 13.4. The average molecular weight is 456 g/mol. The monoisotopic (exact) mass is 455 g/mol. The Kier molecular flexibility index (Phi) is 7.78. The number of rotatable bonds is 8. The number of nitrogens with one attached hydrogen (secondary N) is 1. The molecule has 1 aromatic rings. The summed E-state index contributed by atoms with van der Waals surface area (Å²) in [7, 11) is 0. The fraction of sp³-hybridized carbons (Fsp3) is 0.692. The molecule has 3 heterocycles. The van der Waals surface area contributed by atoms with Gasteiger partial charge in [0, 0.05) is 31.7 Å². The van der Waals surface area contributed by atoms with Crippen molar-refractivity contribution in [3.63, 3.8) is 0 Å². The van der Waals surface area contributed by atoms with E-state index in [0.29, 0.717) is 24.4 Å². The van der Waals surface area contributed by atoms with Crippen LogP contribution in [0.15, 0.2) is 24.3 Å². The molecule has 1 amide bonds. The SMILES string of the molecule is C[C@@H]1CCC[C@H](C)N1CCCCCN1C(=O)C(CC2CCN(C(=N)N)C2)Oc2ccccc21. The summed E-state index contributed by atoms with van der Waals surface area (Å²) in [6.07, 6.45) is 8.47. The second-order valence-electron chi connectivity index (χ2n) is 10.2. The molecule has 0 aliphatic carbocycles. The molecule has 0 aromatic heterocycles. The van der Waals surface area contributed by atoms with Gasteiger partial charge in [0.1, 0.15) is 5.75 Å². The lowest BCUT2D eigenvalue weighted by Crippen LogP contribution is -2.47. The molecule has 0 saturated carbocycles. The van der Waals surface area contributed by atoms with Crippen molar-refractivity contribution in [2.45, 2.75) is 83.4 Å². The zero-order chi connectivity index (χ0) is 23.4. The lowest BCUT2D eigenvalue weighted by molar-refractivity contribution is -0.127. The minimum Gasteiger partial charge on any atom is -0.478 e. The van der Waals surface area contributed by atoms with Crippen LogP contribution in [-0.2, 0) is 4.79 Å². The van der Waals surface area contributed by atoms with E-state index in [9.17, 15) is 4.79 Å². The van der Waals surface area contributed by atoms with Crippen molar-refractivity contribution >= 4 is 17.6 Å². The second-order valence-corrected chi connectivity index (χ2v) is 10.2. The van der Waals surface area contributed by atoms with Crippen LogP contribution >= 0.6 is 0 Å². The summed E-state index contributed by atoms with van der Waals surface area (Å²) < 4.78 is 6.16. The number of nitrogens with two attached hydrogens (primary N) is 1. The highest BCUT2D eigenvalue weighted by atomic mass is 16.5. The minimum absolute atomic E-state index is 0.0771. The summed E-state index contributed by atoms with van der Waals surface area (Å²) in [5, 5.41) is 7.66. The molecule has 1 aromatic carbocycles. The molecule has 33 heavy (non-hydrogen) atoms. The third-order valence-corrected chi connectivity index (χ3v) is 7.81. The first kappa shape index (κ1) is 23.9.